The van der Waals surface area contributed by atoms with Gasteiger partial charge in [0.15, 0.2) is 0 Å². The standard InChI is InChI=1S/C21H20F4N4O3/c1-10-14(8-18(30)27-11(2)13-4-3-12(9-26)7-15(13)22)20(31)28-16-5-6-17(21(23,24)25)29(32)19(10)16/h3-4,7,11,16-17,19H,5-6,8H2,1-2H3,(H-,27,28,30,31)/p+1/t11-,16?,17?,19?/m1/s1. The molecule has 0 bridgehead atoms. The smallest absolute Gasteiger partial charge is 0.349 e. The van der Waals surface area contributed by atoms with E-state index in [1.807, 2.05) is 0 Å². The highest BCUT2D eigenvalue weighted by molar-refractivity contribution is 6.00. The fraction of sp³-hybridized carbons (Fsp3) is 0.476. The molecule has 7 nitrogen and oxygen atoms in total. The molecule has 32 heavy (non-hydrogen) atoms. The molecule has 0 aliphatic carbocycles. The van der Waals surface area contributed by atoms with Crippen molar-refractivity contribution in [1.29, 1.82) is 5.26 Å². The fourth-order valence-corrected chi connectivity index (χ4v) is 4.26. The number of piperidine rings is 1. The summed E-state index contributed by atoms with van der Waals surface area (Å²) in [4.78, 5) is 37.4. The van der Waals surface area contributed by atoms with Crippen LogP contribution < -0.4 is 10.6 Å². The maximum absolute atomic E-state index is 14.2. The number of fused-ring (bicyclic) bond motifs is 1. The lowest BCUT2D eigenvalue weighted by Crippen LogP contribution is -2.60. The van der Waals surface area contributed by atoms with E-state index in [2.05, 4.69) is 10.6 Å². The second kappa shape index (κ2) is 8.68. The van der Waals surface area contributed by atoms with Crippen LogP contribution in [0.2, 0.25) is 0 Å². The van der Waals surface area contributed by atoms with E-state index < -0.39 is 60.8 Å². The predicted molar refractivity (Wildman–Crippen MR) is 103 cm³/mol. The van der Waals surface area contributed by atoms with Gasteiger partial charge in [-0.3, -0.25) is 9.59 Å². The summed E-state index contributed by atoms with van der Waals surface area (Å²) in [5.41, 5.74) is 0.281. The molecule has 2 N–H and O–H groups in total. The summed E-state index contributed by atoms with van der Waals surface area (Å²) in [5.74, 6) is -1.97. The van der Waals surface area contributed by atoms with Crippen LogP contribution >= 0.6 is 0 Å². The Morgan fingerprint density at radius 1 is 1.38 bits per heavy atom. The van der Waals surface area contributed by atoms with Crippen molar-refractivity contribution in [2.75, 3.05) is 0 Å². The first-order valence-corrected chi connectivity index (χ1v) is 9.95. The number of benzene rings is 1. The summed E-state index contributed by atoms with van der Waals surface area (Å²) < 4.78 is 53.7. The molecule has 0 aromatic heterocycles. The minimum Gasteiger partial charge on any atom is -0.349 e. The third kappa shape index (κ3) is 4.49. The molecular weight excluding hydrogens is 432 g/mol. The van der Waals surface area contributed by atoms with Gasteiger partial charge in [-0.05, 0) is 32.4 Å². The number of carbonyl (C=O) groups is 2. The maximum atomic E-state index is 14.2. The molecule has 2 aliphatic rings. The molecule has 4 atom stereocenters. The van der Waals surface area contributed by atoms with Crippen LogP contribution in [-0.2, 0) is 9.59 Å². The molecule has 0 radical (unpaired) electrons. The van der Waals surface area contributed by atoms with Crippen LogP contribution in [0.25, 0.3) is 0 Å². The van der Waals surface area contributed by atoms with Crippen molar-refractivity contribution >= 4 is 11.8 Å². The van der Waals surface area contributed by atoms with Gasteiger partial charge >= 0.3 is 6.18 Å². The van der Waals surface area contributed by atoms with E-state index >= 15 is 0 Å². The molecule has 1 fully saturated rings. The largest absolute Gasteiger partial charge is 0.455 e. The molecule has 2 heterocycles. The second-order valence-corrected chi connectivity index (χ2v) is 8.00. The Bertz CT molecular complexity index is 1040. The molecule has 1 aromatic carbocycles. The average molecular weight is 453 g/mol. The highest BCUT2D eigenvalue weighted by Crippen LogP contribution is 2.36. The van der Waals surface area contributed by atoms with Gasteiger partial charge in [0, 0.05) is 32.8 Å². The molecule has 1 aromatic rings. The monoisotopic (exact) mass is 453 g/mol. The van der Waals surface area contributed by atoms with Crippen molar-refractivity contribution in [2.24, 2.45) is 0 Å². The Labute approximate surface area is 181 Å². The van der Waals surface area contributed by atoms with E-state index in [1.165, 1.54) is 26.0 Å². The van der Waals surface area contributed by atoms with Crippen molar-refractivity contribution in [3.05, 3.63) is 51.2 Å². The average Bonchev–Trinajstić information content (AvgIpc) is 2.69. The zero-order valence-electron chi connectivity index (χ0n) is 17.3. The summed E-state index contributed by atoms with van der Waals surface area (Å²) in [6.07, 6.45) is -5.61. The number of hydrogen-bond donors (Lipinski definition) is 2. The van der Waals surface area contributed by atoms with Crippen molar-refractivity contribution in [3.63, 3.8) is 0 Å². The van der Waals surface area contributed by atoms with E-state index in [0.717, 1.165) is 6.07 Å². The lowest BCUT2D eigenvalue weighted by molar-refractivity contribution is -0.653. The van der Waals surface area contributed by atoms with Gasteiger partial charge in [0.05, 0.1) is 30.1 Å². The summed E-state index contributed by atoms with van der Waals surface area (Å²) >= 11 is 0. The number of nitrogens with one attached hydrogen (secondary N) is 2. The lowest BCUT2D eigenvalue weighted by Gasteiger charge is -2.34. The molecule has 1 saturated heterocycles. The van der Waals surface area contributed by atoms with Crippen LogP contribution in [-0.4, -0.2) is 40.9 Å². The van der Waals surface area contributed by atoms with Crippen LogP contribution in [0.5, 0.6) is 0 Å². The summed E-state index contributed by atoms with van der Waals surface area (Å²) in [5, 5.41) is 13.9. The van der Waals surface area contributed by atoms with Gasteiger partial charge < -0.3 is 10.6 Å². The number of alkyl halides is 3. The first kappa shape index (κ1) is 23.4. The summed E-state index contributed by atoms with van der Waals surface area (Å²) in [6.45, 7) is 2.89. The Morgan fingerprint density at radius 3 is 2.66 bits per heavy atom. The molecule has 2 amide bonds. The topological polar surface area (TPSA) is 102 Å². The van der Waals surface area contributed by atoms with E-state index in [4.69, 9.17) is 5.26 Å². The molecule has 170 valence electrons. The normalized spacial score (nSPS) is 24.3. The van der Waals surface area contributed by atoms with Crippen LogP contribution in [0.1, 0.15) is 50.3 Å². The molecule has 0 saturated carbocycles. The predicted octanol–water partition coefficient (Wildman–Crippen LogP) is 2.95. The zero-order chi connectivity index (χ0) is 23.8. The molecule has 2 aliphatic heterocycles. The van der Waals surface area contributed by atoms with Gasteiger partial charge in [-0.1, -0.05) is 6.07 Å². The number of hydrogen-bond acceptors (Lipinski definition) is 4. The first-order valence-electron chi connectivity index (χ1n) is 9.95. The van der Waals surface area contributed by atoms with Crippen molar-refractivity contribution in [3.8, 4) is 6.07 Å². The number of rotatable bonds is 4. The minimum atomic E-state index is -4.70. The van der Waals surface area contributed by atoms with Crippen LogP contribution in [0.4, 0.5) is 17.6 Å². The van der Waals surface area contributed by atoms with Crippen LogP contribution in [0.3, 0.4) is 0 Å². The highest BCUT2D eigenvalue weighted by atomic mass is 19.4. The highest BCUT2D eigenvalue weighted by Gasteiger charge is 2.59. The van der Waals surface area contributed by atoms with Gasteiger partial charge in [0.1, 0.15) is 5.82 Å². The third-order valence-electron chi connectivity index (χ3n) is 5.91. The second-order valence-electron chi connectivity index (χ2n) is 8.00. The molecule has 0 spiro atoms. The Morgan fingerprint density at radius 2 is 2.06 bits per heavy atom. The van der Waals surface area contributed by atoms with E-state index in [9.17, 15) is 32.1 Å². The van der Waals surface area contributed by atoms with Crippen LogP contribution in [0.15, 0.2) is 29.3 Å². The lowest BCUT2D eigenvalue weighted by atomic mass is 9.83. The summed E-state index contributed by atoms with van der Waals surface area (Å²) in [6, 6.07) is 0.623. The molecular formula is C21H21F4N4O3+. The summed E-state index contributed by atoms with van der Waals surface area (Å²) in [7, 11) is 0. The van der Waals surface area contributed by atoms with Gasteiger partial charge in [-0.25, -0.2) is 4.39 Å². The molecule has 11 heteroatoms. The van der Waals surface area contributed by atoms with Crippen molar-refractivity contribution in [2.45, 2.75) is 63.5 Å². The first-order chi connectivity index (χ1) is 14.9. The van der Waals surface area contributed by atoms with Gasteiger partial charge in [-0.2, -0.15) is 18.4 Å². The Balaban J connectivity index is 1.78. The number of nitriles is 1. The number of nitroso groups, excluding NO2 is 1. The van der Waals surface area contributed by atoms with E-state index in [-0.39, 0.29) is 33.5 Å². The number of halogens is 4. The Kier molecular flexibility index (Phi) is 6.34. The zero-order valence-corrected chi connectivity index (χ0v) is 17.3. The molecule has 3 unspecified atom stereocenters. The van der Waals surface area contributed by atoms with E-state index in [1.54, 1.807) is 6.07 Å². The maximum Gasteiger partial charge on any atom is 0.455 e. The fourth-order valence-electron chi connectivity index (χ4n) is 4.26. The number of carbonyl (C=O) groups excluding carboxylic acids is 2. The van der Waals surface area contributed by atoms with Crippen molar-refractivity contribution in [1.82, 2.24) is 10.6 Å². The van der Waals surface area contributed by atoms with Crippen LogP contribution in [0, 0.1) is 22.1 Å². The van der Waals surface area contributed by atoms with Gasteiger partial charge in [0.2, 0.25) is 17.9 Å². The van der Waals surface area contributed by atoms with Gasteiger partial charge in [0.25, 0.3) is 6.04 Å². The minimum absolute atomic E-state index is 0.00879. The quantitative estimate of drug-likeness (QED) is 0.541. The third-order valence-corrected chi connectivity index (χ3v) is 5.91. The SMILES string of the molecule is CC1=C(CC(=O)N[C@H](C)c2ccc(C#N)cc2F)C(=O)NC2CCC(C(F)(F)F)[N+](=O)C12. The molecule has 3 rings (SSSR count). The number of nitrogens with zero attached hydrogens (tertiary/aromatic N) is 2. The van der Waals surface area contributed by atoms with Gasteiger partial charge in [-0.15, -0.1) is 0 Å². The Hall–Kier alpha value is -3.29. The number of amides is 2. The van der Waals surface area contributed by atoms with Crippen molar-refractivity contribution < 1.29 is 31.9 Å². The van der Waals surface area contributed by atoms with E-state index in [0.29, 0.717) is 0 Å².